The van der Waals surface area contributed by atoms with Crippen LogP contribution >= 0.6 is 0 Å². The van der Waals surface area contributed by atoms with Crippen molar-refractivity contribution in [3.63, 3.8) is 0 Å². The summed E-state index contributed by atoms with van der Waals surface area (Å²) in [4.78, 5) is 65.6. The van der Waals surface area contributed by atoms with Crippen LogP contribution in [-0.2, 0) is 46.3 Å². The minimum absolute atomic E-state index is 0.101. The number of carboxylic acid groups (broad SMARTS) is 1. The van der Waals surface area contributed by atoms with Crippen molar-refractivity contribution in [3.05, 3.63) is 65.7 Å². The first kappa shape index (κ1) is 33.7. The highest BCUT2D eigenvalue weighted by atomic mass is 16.7. The Bertz CT molecular complexity index is 1370. The second kappa shape index (κ2) is 15.2. The summed E-state index contributed by atoms with van der Waals surface area (Å²) in [5.74, 6) is -4.61. The Morgan fingerprint density at radius 2 is 1.62 bits per heavy atom. The lowest BCUT2D eigenvalue weighted by Gasteiger charge is -2.26. The number of fused-ring (bicyclic) bond motifs is 1. The van der Waals surface area contributed by atoms with Crippen molar-refractivity contribution >= 4 is 35.4 Å². The number of anilines is 1. The van der Waals surface area contributed by atoms with Crippen molar-refractivity contribution in [2.75, 3.05) is 18.2 Å². The maximum absolute atomic E-state index is 13.8. The first-order chi connectivity index (χ1) is 21.4. The second-order valence-corrected chi connectivity index (χ2v) is 13.1. The second-order valence-electron chi connectivity index (χ2n) is 13.1. The summed E-state index contributed by atoms with van der Waals surface area (Å²) in [6, 6.07) is 16.4. The molecule has 0 radical (unpaired) electrons. The van der Waals surface area contributed by atoms with Gasteiger partial charge in [0.25, 0.3) is 0 Å². The van der Waals surface area contributed by atoms with Gasteiger partial charge < -0.3 is 19.9 Å². The van der Waals surface area contributed by atoms with Gasteiger partial charge in [0, 0.05) is 5.69 Å². The van der Waals surface area contributed by atoms with E-state index in [2.05, 4.69) is 17.4 Å². The zero-order valence-electron chi connectivity index (χ0n) is 26.3. The van der Waals surface area contributed by atoms with Crippen LogP contribution in [0.2, 0.25) is 0 Å². The van der Waals surface area contributed by atoms with Gasteiger partial charge in [-0.15, -0.1) is 0 Å². The lowest BCUT2D eigenvalue weighted by atomic mass is 9.94. The van der Waals surface area contributed by atoms with E-state index in [9.17, 15) is 29.1 Å². The Labute approximate surface area is 264 Å². The van der Waals surface area contributed by atoms with Gasteiger partial charge in [-0.2, -0.15) is 0 Å². The van der Waals surface area contributed by atoms with Crippen molar-refractivity contribution in [2.45, 2.75) is 78.2 Å². The summed E-state index contributed by atoms with van der Waals surface area (Å²) in [5, 5.41) is 12.4. The number of hydrogen-bond donors (Lipinski definition) is 2. The number of esters is 2. The standard InChI is InChI=1S/C35H44N2O8/c1-35(2,3)34(43)45-22-44-33(42)27-20-24(14-8-7-13-23-11-5-4-6-12-23)19-26(27)31(40)36-28-18-17-25-15-9-10-16-29(25)37(32(28)41)21-30(38)39/h4-6,9-12,15-16,24,26-28H,7-8,13-14,17-22H2,1-3H3,(H,36,40)(H,38,39). The van der Waals surface area contributed by atoms with Crippen LogP contribution < -0.4 is 10.2 Å². The molecule has 10 nitrogen and oxygen atoms in total. The molecule has 45 heavy (non-hydrogen) atoms. The Morgan fingerprint density at radius 1 is 0.933 bits per heavy atom. The Balaban J connectivity index is 1.43. The summed E-state index contributed by atoms with van der Waals surface area (Å²) in [6.07, 6.45) is 5.37. The predicted molar refractivity (Wildman–Crippen MR) is 167 cm³/mol. The van der Waals surface area contributed by atoms with E-state index in [1.54, 1.807) is 32.9 Å². The molecule has 1 saturated carbocycles. The van der Waals surface area contributed by atoms with Gasteiger partial charge in [0.05, 0.1) is 17.3 Å². The molecule has 2 N–H and O–H groups in total. The van der Waals surface area contributed by atoms with Crippen LogP contribution in [0.15, 0.2) is 54.6 Å². The third-order valence-corrected chi connectivity index (χ3v) is 8.63. The number of aryl methyl sites for hydroxylation is 2. The number of carbonyl (C=O) groups excluding carboxylic acids is 4. The zero-order chi connectivity index (χ0) is 32.6. The molecule has 1 heterocycles. The van der Waals surface area contributed by atoms with Gasteiger partial charge in [-0.3, -0.25) is 28.9 Å². The SMILES string of the molecule is CC(C)(C)C(=O)OCOC(=O)C1CC(CCCCc2ccccc2)CC1C(=O)NC1CCc2ccccc2N(CC(=O)O)C1=O. The fourth-order valence-corrected chi connectivity index (χ4v) is 6.23. The van der Waals surface area contributed by atoms with Gasteiger partial charge in [0.2, 0.25) is 18.6 Å². The van der Waals surface area contributed by atoms with E-state index in [0.29, 0.717) is 31.4 Å². The fourth-order valence-electron chi connectivity index (χ4n) is 6.23. The third kappa shape index (κ3) is 9.15. The molecule has 2 amide bonds. The monoisotopic (exact) mass is 620 g/mol. The number of nitrogens with one attached hydrogen (secondary N) is 1. The van der Waals surface area contributed by atoms with Crippen molar-refractivity contribution < 1.29 is 38.6 Å². The van der Waals surface area contributed by atoms with E-state index in [1.807, 2.05) is 30.3 Å². The summed E-state index contributed by atoms with van der Waals surface area (Å²) in [6.45, 7) is 4.02. The molecule has 2 aromatic rings. The van der Waals surface area contributed by atoms with E-state index < -0.39 is 66.4 Å². The Morgan fingerprint density at radius 3 is 2.33 bits per heavy atom. The first-order valence-electron chi connectivity index (χ1n) is 15.7. The predicted octanol–water partition coefficient (Wildman–Crippen LogP) is 4.68. The molecule has 4 rings (SSSR count). The van der Waals surface area contributed by atoms with Crippen molar-refractivity contribution in [1.82, 2.24) is 5.32 Å². The van der Waals surface area contributed by atoms with Crippen LogP contribution in [0.5, 0.6) is 0 Å². The average Bonchev–Trinajstić information content (AvgIpc) is 3.39. The molecule has 242 valence electrons. The molecule has 2 aromatic carbocycles. The van der Waals surface area contributed by atoms with Crippen molar-refractivity contribution in [2.24, 2.45) is 23.2 Å². The van der Waals surface area contributed by atoms with Gasteiger partial charge >= 0.3 is 17.9 Å². The quantitative estimate of drug-likeness (QED) is 0.198. The van der Waals surface area contributed by atoms with Crippen LogP contribution in [0, 0.1) is 23.2 Å². The number of carboxylic acids is 1. The average molecular weight is 621 g/mol. The van der Waals surface area contributed by atoms with Crippen LogP contribution in [0.1, 0.15) is 70.4 Å². The highest BCUT2D eigenvalue weighted by Gasteiger charge is 2.45. The molecule has 10 heteroatoms. The van der Waals surface area contributed by atoms with Crippen LogP contribution in [0.25, 0.3) is 0 Å². The van der Waals surface area contributed by atoms with Gasteiger partial charge in [-0.05, 0) is 82.4 Å². The van der Waals surface area contributed by atoms with Crippen molar-refractivity contribution in [3.8, 4) is 0 Å². The van der Waals surface area contributed by atoms with Crippen LogP contribution in [-0.4, -0.2) is 54.2 Å². The van der Waals surface area contributed by atoms with E-state index in [-0.39, 0.29) is 5.92 Å². The highest BCUT2D eigenvalue weighted by molar-refractivity contribution is 6.03. The largest absolute Gasteiger partial charge is 0.480 e. The number of benzene rings is 2. The van der Waals surface area contributed by atoms with Crippen molar-refractivity contribution in [1.29, 1.82) is 0 Å². The van der Waals surface area contributed by atoms with Gasteiger partial charge in [-0.25, -0.2) is 0 Å². The molecule has 2 aliphatic rings. The Kier molecular flexibility index (Phi) is 11.4. The number of unbranched alkanes of at least 4 members (excludes halogenated alkanes) is 1. The molecular formula is C35H44N2O8. The summed E-state index contributed by atoms with van der Waals surface area (Å²) >= 11 is 0. The summed E-state index contributed by atoms with van der Waals surface area (Å²) < 4.78 is 10.5. The minimum Gasteiger partial charge on any atom is -0.480 e. The maximum Gasteiger partial charge on any atom is 0.323 e. The number of hydrogen-bond acceptors (Lipinski definition) is 7. The number of para-hydroxylation sites is 1. The van der Waals surface area contributed by atoms with E-state index in [1.165, 1.54) is 10.5 Å². The molecule has 0 bridgehead atoms. The van der Waals surface area contributed by atoms with E-state index in [4.69, 9.17) is 9.47 Å². The third-order valence-electron chi connectivity index (χ3n) is 8.63. The number of nitrogens with zero attached hydrogens (tertiary/aromatic N) is 1. The molecule has 1 aliphatic heterocycles. The molecule has 0 aromatic heterocycles. The lowest BCUT2D eigenvalue weighted by molar-refractivity contribution is -0.176. The molecule has 4 unspecified atom stereocenters. The zero-order valence-corrected chi connectivity index (χ0v) is 26.3. The Hall–Kier alpha value is -4.21. The smallest absolute Gasteiger partial charge is 0.323 e. The number of amides is 2. The summed E-state index contributed by atoms with van der Waals surface area (Å²) in [7, 11) is 0. The molecule has 4 atom stereocenters. The first-order valence-corrected chi connectivity index (χ1v) is 15.7. The normalized spacial score (nSPS) is 21.4. The number of rotatable bonds is 12. The summed E-state index contributed by atoms with van der Waals surface area (Å²) in [5.41, 5.74) is 1.85. The molecule has 1 fully saturated rings. The molecular weight excluding hydrogens is 576 g/mol. The van der Waals surface area contributed by atoms with Gasteiger partial charge in [0.15, 0.2) is 0 Å². The topological polar surface area (TPSA) is 139 Å². The van der Waals surface area contributed by atoms with Crippen LogP contribution in [0.3, 0.4) is 0 Å². The number of ether oxygens (including phenoxy) is 2. The van der Waals surface area contributed by atoms with Gasteiger partial charge in [0.1, 0.15) is 12.6 Å². The lowest BCUT2D eigenvalue weighted by Crippen LogP contribution is -2.51. The van der Waals surface area contributed by atoms with E-state index >= 15 is 0 Å². The van der Waals surface area contributed by atoms with Gasteiger partial charge in [-0.1, -0.05) is 61.4 Å². The highest BCUT2D eigenvalue weighted by Crippen LogP contribution is 2.40. The number of aliphatic carboxylic acids is 1. The van der Waals surface area contributed by atoms with E-state index in [0.717, 1.165) is 31.2 Å². The molecule has 1 aliphatic carbocycles. The minimum atomic E-state index is -1.16. The molecule has 0 saturated heterocycles. The maximum atomic E-state index is 13.8. The molecule has 0 spiro atoms. The number of carbonyl (C=O) groups is 5. The fraction of sp³-hybridized carbons (Fsp3) is 0.514. The van der Waals surface area contributed by atoms with Crippen LogP contribution in [0.4, 0.5) is 5.69 Å².